The number of hydrazine groups is 1. The van der Waals surface area contributed by atoms with E-state index in [9.17, 15) is 4.79 Å². The van der Waals surface area contributed by atoms with Crippen LogP contribution in [-0.2, 0) is 4.79 Å². The van der Waals surface area contributed by atoms with Gasteiger partial charge in [-0.3, -0.25) is 10.2 Å². The zero-order valence-corrected chi connectivity index (χ0v) is 8.13. The lowest BCUT2D eigenvalue weighted by molar-refractivity contribution is -0.126. The molecule has 0 bridgehead atoms. The van der Waals surface area contributed by atoms with E-state index in [1.165, 1.54) is 0 Å². The highest BCUT2D eigenvalue weighted by Gasteiger charge is 2.12. The Bertz CT molecular complexity index is 136. The summed E-state index contributed by atoms with van der Waals surface area (Å²) in [5, 5.41) is 1.61. The predicted molar refractivity (Wildman–Crippen MR) is 49.3 cm³/mol. The molecule has 1 atom stereocenters. The Morgan fingerprint density at radius 3 is 2.58 bits per heavy atom. The highest BCUT2D eigenvalue weighted by Crippen LogP contribution is 1.97. The lowest BCUT2D eigenvalue weighted by Gasteiger charge is -2.15. The summed E-state index contributed by atoms with van der Waals surface area (Å²) >= 11 is 0. The third-order valence-electron chi connectivity index (χ3n) is 1.54. The Morgan fingerprint density at radius 2 is 2.17 bits per heavy atom. The molecule has 0 aliphatic carbocycles. The molecular weight excluding hydrogens is 154 g/mol. The van der Waals surface area contributed by atoms with Gasteiger partial charge in [-0.2, -0.15) is 0 Å². The van der Waals surface area contributed by atoms with Crippen LogP contribution in [0.5, 0.6) is 0 Å². The van der Waals surface area contributed by atoms with Crippen molar-refractivity contribution in [1.82, 2.24) is 10.4 Å². The first-order valence-electron chi connectivity index (χ1n) is 4.31. The average Bonchev–Trinajstić information content (AvgIpc) is 1.98. The van der Waals surface area contributed by atoms with Gasteiger partial charge in [-0.1, -0.05) is 19.8 Å². The van der Waals surface area contributed by atoms with Crippen LogP contribution in [0.25, 0.3) is 0 Å². The maximum Gasteiger partial charge on any atom is 0.251 e. The van der Waals surface area contributed by atoms with E-state index in [-0.39, 0.29) is 11.9 Å². The fourth-order valence-corrected chi connectivity index (χ4v) is 0.858. The molecule has 0 aromatic carbocycles. The number of nitrogens with zero attached hydrogens (tertiary/aromatic N) is 1. The molecule has 1 amide bonds. The number of hydrogen-bond acceptors (Lipinski definition) is 3. The van der Waals surface area contributed by atoms with Gasteiger partial charge in [0.15, 0.2) is 0 Å². The minimum Gasteiger partial charge on any atom is -0.320 e. The van der Waals surface area contributed by atoms with Gasteiger partial charge in [-0.15, -0.1) is 0 Å². The van der Waals surface area contributed by atoms with Crippen molar-refractivity contribution in [3.05, 3.63) is 0 Å². The van der Waals surface area contributed by atoms with Crippen LogP contribution in [0.3, 0.4) is 0 Å². The van der Waals surface area contributed by atoms with Crippen LogP contribution in [-0.4, -0.2) is 31.1 Å². The molecule has 0 aliphatic heterocycles. The lowest BCUT2D eigenvalue weighted by Crippen LogP contribution is -2.46. The number of amides is 1. The molecule has 4 nitrogen and oxygen atoms in total. The van der Waals surface area contributed by atoms with Crippen LogP contribution in [0.15, 0.2) is 0 Å². The second kappa shape index (κ2) is 5.97. The van der Waals surface area contributed by atoms with Crippen LogP contribution in [0.1, 0.15) is 26.2 Å². The predicted octanol–water partition coefficient (Wildman–Crippen LogP) is 0.0967. The first kappa shape index (κ1) is 11.4. The summed E-state index contributed by atoms with van der Waals surface area (Å²) in [6.45, 7) is 2.08. The van der Waals surface area contributed by atoms with E-state index < -0.39 is 0 Å². The molecular formula is C8H19N3O. The first-order chi connectivity index (χ1) is 5.57. The Kier molecular flexibility index (Phi) is 5.66. The summed E-state index contributed by atoms with van der Waals surface area (Å²) in [4.78, 5) is 11.2. The lowest BCUT2D eigenvalue weighted by atomic mass is 10.1. The van der Waals surface area contributed by atoms with Crippen molar-refractivity contribution in [3.63, 3.8) is 0 Å². The van der Waals surface area contributed by atoms with Gasteiger partial charge in [0.25, 0.3) is 5.91 Å². The van der Waals surface area contributed by atoms with E-state index in [0.29, 0.717) is 0 Å². The number of rotatable bonds is 5. The van der Waals surface area contributed by atoms with E-state index in [1.807, 2.05) is 0 Å². The molecule has 0 heterocycles. The summed E-state index contributed by atoms with van der Waals surface area (Å²) in [5.41, 5.74) is 8.23. The quantitative estimate of drug-likeness (QED) is 0.580. The van der Waals surface area contributed by atoms with Crippen molar-refractivity contribution >= 4 is 5.91 Å². The highest BCUT2D eigenvalue weighted by atomic mass is 16.2. The normalized spacial score (nSPS) is 13.1. The van der Waals surface area contributed by atoms with Gasteiger partial charge in [0.05, 0.1) is 6.04 Å². The first-order valence-corrected chi connectivity index (χ1v) is 4.31. The minimum absolute atomic E-state index is 0.103. The van der Waals surface area contributed by atoms with Crippen molar-refractivity contribution in [2.75, 3.05) is 14.1 Å². The molecule has 0 aromatic rings. The summed E-state index contributed by atoms with van der Waals surface area (Å²) in [6, 6.07) is -0.368. The number of unbranched alkanes of at least 4 members (excludes halogenated alkanes) is 1. The number of nitrogens with two attached hydrogens (primary N) is 1. The monoisotopic (exact) mass is 173 g/mol. The molecule has 72 valence electrons. The van der Waals surface area contributed by atoms with Crippen molar-refractivity contribution in [3.8, 4) is 0 Å². The molecule has 0 fully saturated rings. The molecule has 0 rings (SSSR count). The zero-order valence-electron chi connectivity index (χ0n) is 8.13. The molecule has 0 spiro atoms. The minimum atomic E-state index is -0.368. The zero-order chi connectivity index (χ0) is 9.56. The van der Waals surface area contributed by atoms with Gasteiger partial charge in [-0.25, -0.2) is 5.01 Å². The molecule has 12 heavy (non-hydrogen) atoms. The highest BCUT2D eigenvalue weighted by molar-refractivity contribution is 5.80. The maximum absolute atomic E-state index is 11.2. The van der Waals surface area contributed by atoms with E-state index in [1.54, 1.807) is 19.1 Å². The van der Waals surface area contributed by atoms with Crippen LogP contribution >= 0.6 is 0 Å². The second-order valence-corrected chi connectivity index (χ2v) is 3.12. The molecule has 0 saturated heterocycles. The standard InChI is InChI=1S/C8H19N3O/c1-4-5-6-7(9)8(12)10-11(2)3/h7H,4-6,9H2,1-3H3,(H,10,12)/t7-/m0/s1. The average molecular weight is 173 g/mol. The van der Waals surface area contributed by atoms with Crippen LogP contribution in [0.2, 0.25) is 0 Å². The van der Waals surface area contributed by atoms with Gasteiger partial charge >= 0.3 is 0 Å². The van der Waals surface area contributed by atoms with Crippen molar-refractivity contribution in [2.45, 2.75) is 32.2 Å². The van der Waals surface area contributed by atoms with Gasteiger partial charge in [0.2, 0.25) is 0 Å². The van der Waals surface area contributed by atoms with Crippen LogP contribution in [0.4, 0.5) is 0 Å². The topological polar surface area (TPSA) is 58.4 Å². The number of hydrogen-bond donors (Lipinski definition) is 2. The summed E-state index contributed by atoms with van der Waals surface area (Å²) < 4.78 is 0. The number of nitrogens with one attached hydrogen (secondary N) is 1. The molecule has 0 unspecified atom stereocenters. The van der Waals surface area contributed by atoms with E-state index >= 15 is 0 Å². The number of carbonyl (C=O) groups excluding carboxylic acids is 1. The summed E-state index contributed by atoms with van der Waals surface area (Å²) in [6.07, 6.45) is 2.83. The second-order valence-electron chi connectivity index (χ2n) is 3.12. The molecule has 0 saturated carbocycles. The van der Waals surface area contributed by atoms with E-state index in [0.717, 1.165) is 19.3 Å². The Morgan fingerprint density at radius 1 is 1.58 bits per heavy atom. The third kappa shape index (κ3) is 5.09. The Balaban J connectivity index is 3.61. The van der Waals surface area contributed by atoms with Crippen LogP contribution in [0, 0.1) is 0 Å². The van der Waals surface area contributed by atoms with Crippen molar-refractivity contribution in [2.24, 2.45) is 5.73 Å². The summed E-state index contributed by atoms with van der Waals surface area (Å²) in [7, 11) is 3.54. The third-order valence-corrected chi connectivity index (χ3v) is 1.54. The maximum atomic E-state index is 11.2. The fraction of sp³-hybridized carbons (Fsp3) is 0.875. The molecule has 0 aromatic heterocycles. The van der Waals surface area contributed by atoms with Gasteiger partial charge < -0.3 is 5.73 Å². The van der Waals surface area contributed by atoms with Gasteiger partial charge in [0.1, 0.15) is 0 Å². The molecule has 3 N–H and O–H groups in total. The van der Waals surface area contributed by atoms with Crippen LogP contribution < -0.4 is 11.2 Å². The molecule has 0 radical (unpaired) electrons. The van der Waals surface area contributed by atoms with E-state index in [2.05, 4.69) is 12.3 Å². The van der Waals surface area contributed by atoms with E-state index in [4.69, 9.17) is 5.73 Å². The largest absolute Gasteiger partial charge is 0.320 e. The van der Waals surface area contributed by atoms with Crippen molar-refractivity contribution in [1.29, 1.82) is 0 Å². The number of carbonyl (C=O) groups is 1. The summed E-state index contributed by atoms with van der Waals surface area (Å²) in [5.74, 6) is -0.103. The van der Waals surface area contributed by atoms with Crippen molar-refractivity contribution < 1.29 is 4.79 Å². The molecule has 0 aliphatic rings. The molecule has 4 heteroatoms. The smallest absolute Gasteiger partial charge is 0.251 e. The SMILES string of the molecule is CCCC[C@H](N)C(=O)NN(C)C. The fourth-order valence-electron chi connectivity index (χ4n) is 0.858. The Labute approximate surface area is 74.1 Å². The van der Waals surface area contributed by atoms with Gasteiger partial charge in [-0.05, 0) is 6.42 Å². The Hall–Kier alpha value is -0.610. The van der Waals surface area contributed by atoms with Gasteiger partial charge in [0, 0.05) is 14.1 Å².